The van der Waals surface area contributed by atoms with Crippen LogP contribution in [0.15, 0.2) is 28.7 Å². The molecule has 0 saturated heterocycles. The molecule has 0 unspecified atom stereocenters. The first-order valence-corrected chi connectivity index (χ1v) is 6.65. The van der Waals surface area contributed by atoms with Crippen molar-refractivity contribution in [1.29, 1.82) is 0 Å². The van der Waals surface area contributed by atoms with Crippen LogP contribution >= 0.6 is 27.5 Å². The number of carbonyl (C=O) groups is 1. The number of amides is 1. The van der Waals surface area contributed by atoms with Crippen LogP contribution in [0.3, 0.4) is 0 Å². The molecular formula is C12H9BrClFN4O. The van der Waals surface area contributed by atoms with E-state index in [1.807, 2.05) is 0 Å². The van der Waals surface area contributed by atoms with E-state index < -0.39 is 11.7 Å². The van der Waals surface area contributed by atoms with Crippen LogP contribution in [0.2, 0.25) is 5.02 Å². The van der Waals surface area contributed by atoms with Gasteiger partial charge in [0.05, 0.1) is 10.7 Å². The maximum Gasteiger partial charge on any atom is 0.276 e. The summed E-state index contributed by atoms with van der Waals surface area (Å²) in [5.41, 5.74) is 0.397. The second kappa shape index (κ2) is 6.15. The summed E-state index contributed by atoms with van der Waals surface area (Å²) in [4.78, 5) is 12.0. The second-order valence-electron chi connectivity index (χ2n) is 3.75. The number of hydrogen-bond donors (Lipinski definition) is 2. The molecule has 104 valence electrons. The summed E-state index contributed by atoms with van der Waals surface area (Å²) in [7, 11) is 1.69. The Balaban J connectivity index is 2.23. The van der Waals surface area contributed by atoms with Gasteiger partial charge in [-0.05, 0) is 40.2 Å². The van der Waals surface area contributed by atoms with Gasteiger partial charge in [-0.3, -0.25) is 4.79 Å². The van der Waals surface area contributed by atoms with Crippen LogP contribution in [-0.2, 0) is 0 Å². The molecule has 0 aliphatic heterocycles. The van der Waals surface area contributed by atoms with Crippen molar-refractivity contribution in [3.8, 4) is 0 Å². The molecule has 0 radical (unpaired) electrons. The Morgan fingerprint density at radius 3 is 2.65 bits per heavy atom. The van der Waals surface area contributed by atoms with Crippen molar-refractivity contribution < 1.29 is 9.18 Å². The average molecular weight is 360 g/mol. The normalized spacial score (nSPS) is 10.2. The molecule has 0 aliphatic carbocycles. The summed E-state index contributed by atoms with van der Waals surface area (Å²) in [6, 6.07) is 5.44. The van der Waals surface area contributed by atoms with Gasteiger partial charge in [0.1, 0.15) is 11.6 Å². The number of hydrogen-bond acceptors (Lipinski definition) is 4. The van der Waals surface area contributed by atoms with Crippen molar-refractivity contribution >= 4 is 44.9 Å². The average Bonchev–Trinajstić information content (AvgIpc) is 2.42. The van der Waals surface area contributed by atoms with Crippen molar-refractivity contribution in [2.45, 2.75) is 0 Å². The van der Waals surface area contributed by atoms with E-state index >= 15 is 0 Å². The zero-order chi connectivity index (χ0) is 14.7. The highest BCUT2D eigenvalue weighted by Crippen LogP contribution is 2.31. The van der Waals surface area contributed by atoms with Gasteiger partial charge < -0.3 is 10.6 Å². The van der Waals surface area contributed by atoms with Crippen LogP contribution in [-0.4, -0.2) is 23.2 Å². The molecule has 8 heteroatoms. The summed E-state index contributed by atoms with van der Waals surface area (Å²) >= 11 is 9.02. The van der Waals surface area contributed by atoms with Gasteiger partial charge in [-0.2, -0.15) is 0 Å². The van der Waals surface area contributed by atoms with Gasteiger partial charge in [0.2, 0.25) is 0 Å². The van der Waals surface area contributed by atoms with Gasteiger partial charge >= 0.3 is 0 Å². The van der Waals surface area contributed by atoms with E-state index in [-0.39, 0.29) is 16.4 Å². The molecule has 1 heterocycles. The molecule has 20 heavy (non-hydrogen) atoms. The summed E-state index contributed by atoms with van der Waals surface area (Å²) in [6.45, 7) is 0. The minimum atomic E-state index is -0.502. The molecule has 1 aromatic carbocycles. The lowest BCUT2D eigenvalue weighted by Crippen LogP contribution is -2.15. The Kier molecular flexibility index (Phi) is 4.51. The third-order valence-electron chi connectivity index (χ3n) is 2.40. The van der Waals surface area contributed by atoms with E-state index in [2.05, 4.69) is 36.8 Å². The molecule has 0 spiro atoms. The van der Waals surface area contributed by atoms with Gasteiger partial charge in [-0.15, -0.1) is 10.2 Å². The number of benzene rings is 1. The van der Waals surface area contributed by atoms with Gasteiger partial charge in [-0.25, -0.2) is 4.39 Å². The maximum atomic E-state index is 13.1. The quantitative estimate of drug-likeness (QED) is 0.882. The minimum Gasteiger partial charge on any atom is -0.372 e. The Labute approximate surface area is 127 Å². The molecule has 2 N–H and O–H groups in total. The Bertz CT molecular complexity index is 627. The molecule has 2 aromatic rings. The van der Waals surface area contributed by atoms with E-state index in [4.69, 9.17) is 11.6 Å². The minimum absolute atomic E-state index is 0.0880. The van der Waals surface area contributed by atoms with Gasteiger partial charge in [0, 0.05) is 11.5 Å². The maximum absolute atomic E-state index is 13.1. The van der Waals surface area contributed by atoms with Crippen LogP contribution < -0.4 is 10.6 Å². The van der Waals surface area contributed by atoms with Crippen LogP contribution in [0.1, 0.15) is 10.5 Å². The summed E-state index contributed by atoms with van der Waals surface area (Å²) < 4.78 is 13.4. The smallest absolute Gasteiger partial charge is 0.276 e. The van der Waals surface area contributed by atoms with Crippen LogP contribution in [0.4, 0.5) is 15.9 Å². The number of rotatable bonds is 3. The fourth-order valence-electron chi connectivity index (χ4n) is 1.43. The molecular weight excluding hydrogens is 351 g/mol. The molecule has 2 rings (SSSR count). The lowest BCUT2D eigenvalue weighted by atomic mass is 10.3. The van der Waals surface area contributed by atoms with E-state index in [0.717, 1.165) is 6.07 Å². The highest BCUT2D eigenvalue weighted by Gasteiger charge is 2.14. The molecule has 1 aromatic heterocycles. The first kappa shape index (κ1) is 14.7. The highest BCUT2D eigenvalue weighted by molar-refractivity contribution is 9.10. The number of halogens is 3. The van der Waals surface area contributed by atoms with Crippen LogP contribution in [0.5, 0.6) is 0 Å². The summed E-state index contributed by atoms with van der Waals surface area (Å²) in [5.74, 6) is -0.449. The zero-order valence-corrected chi connectivity index (χ0v) is 12.6. The van der Waals surface area contributed by atoms with Gasteiger partial charge in [0.15, 0.2) is 5.69 Å². The number of aromatic nitrogens is 2. The standard InChI is InChI=1S/C12H9BrClFN4O/c1-16-10-3-2-9(18-19-10)12(20)17-11-7(13)4-6(15)5-8(11)14/h2-5H,1H3,(H,16,19)(H,17,20). The van der Waals surface area contributed by atoms with Gasteiger partial charge in [-0.1, -0.05) is 11.6 Å². The predicted molar refractivity (Wildman–Crippen MR) is 78.6 cm³/mol. The summed E-state index contributed by atoms with van der Waals surface area (Å²) in [6.07, 6.45) is 0. The third kappa shape index (κ3) is 3.23. The molecule has 0 saturated carbocycles. The lowest BCUT2D eigenvalue weighted by molar-refractivity contribution is 0.102. The van der Waals surface area contributed by atoms with Crippen LogP contribution in [0.25, 0.3) is 0 Å². The summed E-state index contributed by atoms with van der Waals surface area (Å²) in [5, 5.41) is 13.0. The van der Waals surface area contributed by atoms with E-state index in [1.54, 1.807) is 13.1 Å². The monoisotopic (exact) mass is 358 g/mol. The van der Waals surface area contributed by atoms with Crippen molar-refractivity contribution in [3.63, 3.8) is 0 Å². The van der Waals surface area contributed by atoms with Crippen molar-refractivity contribution in [2.75, 3.05) is 17.7 Å². The number of carbonyl (C=O) groups excluding carboxylic acids is 1. The number of nitrogens with zero attached hydrogens (tertiary/aromatic N) is 2. The van der Waals surface area contributed by atoms with Crippen molar-refractivity contribution in [1.82, 2.24) is 10.2 Å². The first-order valence-electron chi connectivity index (χ1n) is 5.48. The van der Waals surface area contributed by atoms with Crippen molar-refractivity contribution in [2.24, 2.45) is 0 Å². The molecule has 5 nitrogen and oxygen atoms in total. The van der Waals surface area contributed by atoms with Gasteiger partial charge in [0.25, 0.3) is 5.91 Å². The molecule has 1 amide bonds. The zero-order valence-electron chi connectivity index (χ0n) is 10.2. The Hall–Kier alpha value is -1.73. The van der Waals surface area contributed by atoms with Crippen LogP contribution in [0, 0.1) is 5.82 Å². The molecule has 0 atom stereocenters. The number of nitrogens with one attached hydrogen (secondary N) is 2. The molecule has 0 fully saturated rings. The SMILES string of the molecule is CNc1ccc(C(=O)Nc2c(Cl)cc(F)cc2Br)nn1. The topological polar surface area (TPSA) is 66.9 Å². The second-order valence-corrected chi connectivity index (χ2v) is 5.01. The van der Waals surface area contributed by atoms with E-state index in [1.165, 1.54) is 12.1 Å². The first-order chi connectivity index (χ1) is 9.51. The third-order valence-corrected chi connectivity index (χ3v) is 3.32. The molecule has 0 aliphatic rings. The van der Waals surface area contributed by atoms with E-state index in [9.17, 15) is 9.18 Å². The van der Waals surface area contributed by atoms with E-state index in [0.29, 0.717) is 10.3 Å². The largest absolute Gasteiger partial charge is 0.372 e. The highest BCUT2D eigenvalue weighted by atomic mass is 79.9. The molecule has 0 bridgehead atoms. The Morgan fingerprint density at radius 1 is 1.35 bits per heavy atom. The fraction of sp³-hybridized carbons (Fsp3) is 0.0833. The van der Waals surface area contributed by atoms with Crippen molar-refractivity contribution in [3.05, 3.63) is 45.3 Å². The fourth-order valence-corrected chi connectivity index (χ4v) is 2.32. The lowest BCUT2D eigenvalue weighted by Gasteiger charge is -2.09. The number of anilines is 2. The Morgan fingerprint density at radius 2 is 2.10 bits per heavy atom. The predicted octanol–water partition coefficient (Wildman–Crippen LogP) is 3.33.